The van der Waals surface area contributed by atoms with Crippen molar-refractivity contribution in [3.05, 3.63) is 0 Å². The van der Waals surface area contributed by atoms with Gasteiger partial charge in [0.1, 0.15) is 11.8 Å². The summed E-state index contributed by atoms with van der Waals surface area (Å²) >= 11 is 0. The van der Waals surface area contributed by atoms with E-state index in [1.807, 2.05) is 0 Å². The van der Waals surface area contributed by atoms with Crippen molar-refractivity contribution in [1.29, 1.82) is 0 Å². The van der Waals surface area contributed by atoms with Crippen molar-refractivity contribution in [2.24, 2.45) is 0 Å². The number of methoxy groups -OCH3 is 1. The molecule has 0 spiro atoms. The summed E-state index contributed by atoms with van der Waals surface area (Å²) in [5.74, 6) is -0.766. The maximum absolute atomic E-state index is 11.2. The summed E-state index contributed by atoms with van der Waals surface area (Å²) in [6, 6.07) is -0.719. The van der Waals surface area contributed by atoms with Crippen LogP contribution in [0.4, 0.5) is 0 Å². The Morgan fingerprint density at radius 3 is 2.33 bits per heavy atom. The third-order valence-corrected chi connectivity index (χ3v) is 1.97. The largest absolute Gasteiger partial charge is 0.467 e. The molecule has 0 saturated carbocycles. The monoisotopic (exact) mass is 215 g/mol. The van der Waals surface area contributed by atoms with Crippen molar-refractivity contribution < 1.29 is 19.1 Å². The number of nitrogens with one attached hydrogen (secondary N) is 1. The first-order chi connectivity index (χ1) is 7.01. The van der Waals surface area contributed by atoms with Gasteiger partial charge < -0.3 is 10.1 Å². The molecule has 0 aliphatic heterocycles. The Labute approximate surface area is 89.2 Å². The Morgan fingerprint density at radius 2 is 1.93 bits per heavy atom. The van der Waals surface area contributed by atoms with Crippen LogP contribution in [0.3, 0.4) is 0 Å². The summed E-state index contributed by atoms with van der Waals surface area (Å²) in [5.41, 5.74) is 0. The summed E-state index contributed by atoms with van der Waals surface area (Å²) < 4.78 is 4.51. The fourth-order valence-corrected chi connectivity index (χ4v) is 1.12. The fraction of sp³-hybridized carbons (Fsp3) is 0.700. The van der Waals surface area contributed by atoms with Crippen LogP contribution in [0, 0.1) is 0 Å². The molecule has 0 fully saturated rings. The molecular weight excluding hydrogens is 198 g/mol. The Kier molecular flexibility index (Phi) is 6.33. The molecule has 0 aromatic heterocycles. The average Bonchev–Trinajstić information content (AvgIpc) is 2.21. The van der Waals surface area contributed by atoms with Gasteiger partial charge in [0.25, 0.3) is 0 Å². The number of ether oxygens (including phenoxy) is 1. The van der Waals surface area contributed by atoms with Crippen molar-refractivity contribution in [1.82, 2.24) is 5.32 Å². The molecule has 0 aliphatic rings. The normalized spacial score (nSPS) is 11.7. The molecule has 86 valence electrons. The molecular formula is C10H17NO4. The first-order valence-corrected chi connectivity index (χ1v) is 4.87. The Balaban J connectivity index is 4.18. The highest BCUT2D eigenvalue weighted by atomic mass is 16.5. The van der Waals surface area contributed by atoms with Crippen molar-refractivity contribution in [2.45, 2.75) is 39.2 Å². The lowest BCUT2D eigenvalue weighted by molar-refractivity contribution is -0.145. The number of carbonyl (C=O) groups is 3. The van der Waals surface area contributed by atoms with E-state index in [1.54, 1.807) is 6.92 Å². The molecule has 1 atom stereocenters. The molecule has 0 heterocycles. The number of rotatable bonds is 6. The zero-order valence-corrected chi connectivity index (χ0v) is 9.33. The van der Waals surface area contributed by atoms with Crippen LogP contribution < -0.4 is 5.32 Å². The van der Waals surface area contributed by atoms with E-state index < -0.39 is 12.0 Å². The summed E-state index contributed by atoms with van der Waals surface area (Å²) in [5, 5.41) is 2.44. The second kappa shape index (κ2) is 6.98. The number of hydrogen-bond donors (Lipinski definition) is 1. The van der Waals surface area contributed by atoms with Crippen LogP contribution in [-0.4, -0.2) is 30.8 Å². The Hall–Kier alpha value is -1.39. The maximum Gasteiger partial charge on any atom is 0.328 e. The van der Waals surface area contributed by atoms with Crippen LogP contribution >= 0.6 is 0 Å². The van der Waals surface area contributed by atoms with E-state index in [2.05, 4.69) is 10.1 Å². The standard InChI is InChI=1S/C10H17NO4/c1-4-8(13)5-6-9(10(14)15-3)11-7(2)12/h9H,4-6H2,1-3H3,(H,11,12)/t9-/m1/s1. The van der Waals surface area contributed by atoms with Crippen LogP contribution in [-0.2, 0) is 19.1 Å². The zero-order chi connectivity index (χ0) is 11.8. The van der Waals surface area contributed by atoms with Gasteiger partial charge in [0.05, 0.1) is 7.11 Å². The van der Waals surface area contributed by atoms with Gasteiger partial charge >= 0.3 is 5.97 Å². The van der Waals surface area contributed by atoms with Gasteiger partial charge in [-0.15, -0.1) is 0 Å². The highest BCUT2D eigenvalue weighted by Gasteiger charge is 2.20. The number of Topliss-reactive ketones (excluding diaryl/α,β-unsaturated/α-hetero) is 1. The van der Waals surface area contributed by atoms with Crippen LogP contribution in [0.5, 0.6) is 0 Å². The second-order valence-electron chi connectivity index (χ2n) is 3.21. The molecule has 0 saturated heterocycles. The highest BCUT2D eigenvalue weighted by molar-refractivity contribution is 5.84. The van der Waals surface area contributed by atoms with Gasteiger partial charge in [-0.1, -0.05) is 6.92 Å². The lowest BCUT2D eigenvalue weighted by Gasteiger charge is -2.14. The predicted octanol–water partition coefficient (Wildman–Crippen LogP) is 0.423. The van der Waals surface area contributed by atoms with E-state index in [-0.39, 0.29) is 18.1 Å². The van der Waals surface area contributed by atoms with E-state index in [4.69, 9.17) is 0 Å². The van der Waals surface area contributed by atoms with Crippen molar-refractivity contribution in [3.8, 4) is 0 Å². The summed E-state index contributed by atoms with van der Waals surface area (Å²) in [6.45, 7) is 3.07. The first-order valence-electron chi connectivity index (χ1n) is 4.87. The number of esters is 1. The first kappa shape index (κ1) is 13.6. The van der Waals surface area contributed by atoms with E-state index >= 15 is 0 Å². The van der Waals surface area contributed by atoms with Crippen molar-refractivity contribution in [2.75, 3.05) is 7.11 Å². The van der Waals surface area contributed by atoms with E-state index in [9.17, 15) is 14.4 Å². The quantitative estimate of drug-likeness (QED) is 0.652. The predicted molar refractivity (Wildman–Crippen MR) is 54.2 cm³/mol. The molecule has 0 radical (unpaired) electrons. The van der Waals surface area contributed by atoms with Gasteiger partial charge in [0.2, 0.25) is 5.91 Å². The Bertz CT molecular complexity index is 250. The lowest BCUT2D eigenvalue weighted by atomic mass is 10.1. The summed E-state index contributed by atoms with van der Waals surface area (Å²) in [4.78, 5) is 33.0. The molecule has 1 amide bonds. The minimum atomic E-state index is -0.719. The van der Waals surface area contributed by atoms with Crippen LogP contribution in [0.25, 0.3) is 0 Å². The molecule has 0 aromatic carbocycles. The molecule has 0 rings (SSSR count). The lowest BCUT2D eigenvalue weighted by Crippen LogP contribution is -2.40. The van der Waals surface area contributed by atoms with Gasteiger partial charge in [0, 0.05) is 19.8 Å². The summed E-state index contributed by atoms with van der Waals surface area (Å²) in [7, 11) is 1.25. The van der Waals surface area contributed by atoms with Gasteiger partial charge in [0.15, 0.2) is 0 Å². The molecule has 1 N–H and O–H groups in total. The minimum Gasteiger partial charge on any atom is -0.467 e. The van der Waals surface area contributed by atoms with Crippen molar-refractivity contribution >= 4 is 17.7 Å². The average molecular weight is 215 g/mol. The number of hydrogen-bond acceptors (Lipinski definition) is 4. The van der Waals surface area contributed by atoms with E-state index in [1.165, 1.54) is 14.0 Å². The minimum absolute atomic E-state index is 0.0641. The molecule has 0 bridgehead atoms. The Morgan fingerprint density at radius 1 is 1.33 bits per heavy atom. The third kappa shape index (κ3) is 5.83. The number of amides is 1. The second-order valence-corrected chi connectivity index (χ2v) is 3.21. The SMILES string of the molecule is CCC(=O)CC[C@@H](NC(C)=O)C(=O)OC. The van der Waals surface area contributed by atoms with Crippen LogP contribution in [0.15, 0.2) is 0 Å². The van der Waals surface area contributed by atoms with Gasteiger partial charge in [-0.3, -0.25) is 9.59 Å². The molecule has 0 aliphatic carbocycles. The molecule has 15 heavy (non-hydrogen) atoms. The van der Waals surface area contributed by atoms with Gasteiger partial charge in [-0.05, 0) is 6.42 Å². The molecule has 0 aromatic rings. The highest BCUT2D eigenvalue weighted by Crippen LogP contribution is 2.02. The van der Waals surface area contributed by atoms with Crippen LogP contribution in [0.2, 0.25) is 0 Å². The van der Waals surface area contributed by atoms with Crippen molar-refractivity contribution in [3.63, 3.8) is 0 Å². The van der Waals surface area contributed by atoms with E-state index in [0.29, 0.717) is 12.8 Å². The fourth-order valence-electron chi connectivity index (χ4n) is 1.12. The molecule has 5 nitrogen and oxygen atoms in total. The van der Waals surface area contributed by atoms with Gasteiger partial charge in [-0.25, -0.2) is 4.79 Å². The smallest absolute Gasteiger partial charge is 0.328 e. The topological polar surface area (TPSA) is 72.5 Å². The number of carbonyl (C=O) groups excluding carboxylic acids is 3. The molecule has 0 unspecified atom stereocenters. The molecule has 5 heteroatoms. The maximum atomic E-state index is 11.2. The third-order valence-electron chi connectivity index (χ3n) is 1.97. The zero-order valence-electron chi connectivity index (χ0n) is 9.33. The van der Waals surface area contributed by atoms with E-state index in [0.717, 1.165) is 0 Å². The van der Waals surface area contributed by atoms with Crippen LogP contribution in [0.1, 0.15) is 33.1 Å². The summed E-state index contributed by atoms with van der Waals surface area (Å²) in [6.07, 6.45) is 1.00. The van der Waals surface area contributed by atoms with Gasteiger partial charge in [-0.2, -0.15) is 0 Å². The number of ketones is 1.